The lowest BCUT2D eigenvalue weighted by molar-refractivity contribution is 0.445. The van der Waals surface area contributed by atoms with Gasteiger partial charge >= 0.3 is 0 Å². The van der Waals surface area contributed by atoms with Gasteiger partial charge in [-0.3, -0.25) is 0 Å². The monoisotopic (exact) mass is 339 g/mol. The van der Waals surface area contributed by atoms with Crippen LogP contribution in [-0.4, -0.2) is 33.8 Å². The van der Waals surface area contributed by atoms with E-state index < -0.39 is 0 Å². The number of piperidine rings is 1. The van der Waals surface area contributed by atoms with E-state index in [0.29, 0.717) is 12.1 Å². The van der Waals surface area contributed by atoms with E-state index in [2.05, 4.69) is 65.0 Å². The molecule has 1 saturated heterocycles. The largest absolute Gasteiger partial charge is 0.352 e. The lowest BCUT2D eigenvalue weighted by atomic mass is 10.0. The zero-order valence-corrected chi connectivity index (χ0v) is 15.6. The summed E-state index contributed by atoms with van der Waals surface area (Å²) in [5, 5.41) is 8.62. The van der Waals surface area contributed by atoms with Crippen LogP contribution >= 0.6 is 0 Å². The first-order valence-corrected chi connectivity index (χ1v) is 9.46. The minimum atomic E-state index is 0.306. The Morgan fingerprint density at radius 2 is 2.00 bits per heavy atom. The summed E-state index contributed by atoms with van der Waals surface area (Å²) in [5.41, 5.74) is 1.26. The summed E-state index contributed by atoms with van der Waals surface area (Å²) in [5.74, 6) is 1.69. The second-order valence-electron chi connectivity index (χ2n) is 7.07. The number of aromatic nitrogens is 3. The predicted molar refractivity (Wildman–Crippen MR) is 103 cm³/mol. The molecule has 1 aliphatic rings. The summed E-state index contributed by atoms with van der Waals surface area (Å²) >= 11 is 0. The second-order valence-corrected chi connectivity index (χ2v) is 7.07. The quantitative estimate of drug-likeness (QED) is 0.794. The Kier molecular flexibility index (Phi) is 5.84. The molecule has 5 heteroatoms. The highest BCUT2D eigenvalue weighted by atomic mass is 15.4. The summed E-state index contributed by atoms with van der Waals surface area (Å²) in [6, 6.07) is 11.4. The first kappa shape index (κ1) is 17.6. The number of nitrogens with zero attached hydrogens (tertiary/aromatic N) is 5. The number of benzene rings is 1. The molecule has 2 heterocycles. The van der Waals surface area contributed by atoms with Crippen molar-refractivity contribution in [1.82, 2.24) is 15.2 Å². The number of rotatable bonds is 6. The second kappa shape index (κ2) is 8.28. The van der Waals surface area contributed by atoms with E-state index in [4.69, 9.17) is 4.98 Å². The summed E-state index contributed by atoms with van der Waals surface area (Å²) < 4.78 is 0. The molecular formula is C20H29N5. The van der Waals surface area contributed by atoms with E-state index in [1.54, 1.807) is 0 Å². The molecule has 3 rings (SSSR count). The van der Waals surface area contributed by atoms with Crippen molar-refractivity contribution >= 4 is 11.8 Å². The van der Waals surface area contributed by atoms with Gasteiger partial charge in [0.05, 0.1) is 6.20 Å². The molecule has 1 atom stereocenters. The summed E-state index contributed by atoms with van der Waals surface area (Å²) in [6.07, 6.45) is 6.75. The fourth-order valence-electron chi connectivity index (χ4n) is 3.54. The smallest absolute Gasteiger partial charge is 0.247 e. The van der Waals surface area contributed by atoms with Crippen LogP contribution in [0.5, 0.6) is 0 Å². The third-order valence-corrected chi connectivity index (χ3v) is 5.00. The van der Waals surface area contributed by atoms with Crippen LogP contribution in [0, 0.1) is 0 Å². The molecule has 0 aliphatic carbocycles. The molecule has 5 nitrogen and oxygen atoms in total. The van der Waals surface area contributed by atoms with E-state index in [1.807, 2.05) is 12.3 Å². The van der Waals surface area contributed by atoms with Crippen molar-refractivity contribution in [3.05, 3.63) is 42.1 Å². The number of anilines is 2. The van der Waals surface area contributed by atoms with Gasteiger partial charge in [-0.1, -0.05) is 37.3 Å². The van der Waals surface area contributed by atoms with Crippen molar-refractivity contribution in [3.63, 3.8) is 0 Å². The van der Waals surface area contributed by atoms with Gasteiger partial charge in [0.2, 0.25) is 5.95 Å². The third-order valence-electron chi connectivity index (χ3n) is 5.00. The van der Waals surface area contributed by atoms with Crippen LogP contribution in [0.1, 0.15) is 52.0 Å². The molecule has 0 spiro atoms. The average molecular weight is 339 g/mol. The molecule has 0 N–H and O–H groups in total. The molecule has 2 aromatic rings. The Bertz CT molecular complexity index is 658. The van der Waals surface area contributed by atoms with E-state index in [1.165, 1.54) is 24.8 Å². The molecule has 134 valence electrons. The van der Waals surface area contributed by atoms with E-state index in [9.17, 15) is 0 Å². The maximum absolute atomic E-state index is 4.89. The van der Waals surface area contributed by atoms with Crippen LogP contribution in [0.15, 0.2) is 36.5 Å². The van der Waals surface area contributed by atoms with Crippen molar-refractivity contribution in [1.29, 1.82) is 0 Å². The Hall–Kier alpha value is -2.17. The highest BCUT2D eigenvalue weighted by Crippen LogP contribution is 2.26. The molecule has 1 fully saturated rings. The molecule has 1 aromatic heterocycles. The minimum absolute atomic E-state index is 0.306. The van der Waals surface area contributed by atoms with Crippen LogP contribution in [0.25, 0.3) is 0 Å². The Balaban J connectivity index is 1.85. The van der Waals surface area contributed by atoms with Gasteiger partial charge in [-0.25, -0.2) is 0 Å². The van der Waals surface area contributed by atoms with Crippen LogP contribution in [0.2, 0.25) is 0 Å². The van der Waals surface area contributed by atoms with Crippen molar-refractivity contribution in [2.75, 3.05) is 16.3 Å². The van der Waals surface area contributed by atoms with Gasteiger partial charge in [0.1, 0.15) is 0 Å². The molecule has 1 aliphatic heterocycles. The maximum Gasteiger partial charge on any atom is 0.247 e. The maximum atomic E-state index is 4.89. The lowest BCUT2D eigenvalue weighted by Crippen LogP contribution is -2.40. The molecule has 1 unspecified atom stereocenters. The van der Waals surface area contributed by atoms with Crippen molar-refractivity contribution in [3.8, 4) is 0 Å². The molecule has 1 aromatic carbocycles. The highest BCUT2D eigenvalue weighted by Gasteiger charge is 2.24. The van der Waals surface area contributed by atoms with Gasteiger partial charge in [-0.05, 0) is 45.1 Å². The van der Waals surface area contributed by atoms with Crippen molar-refractivity contribution in [2.45, 2.75) is 65.1 Å². The van der Waals surface area contributed by atoms with E-state index >= 15 is 0 Å². The SMILES string of the molecule is CCC1CCCCN1c1cnnc(N(Cc2ccccc2)C(C)C)n1. The molecule has 0 amide bonds. The Morgan fingerprint density at radius 1 is 1.20 bits per heavy atom. The first-order chi connectivity index (χ1) is 12.2. The van der Waals surface area contributed by atoms with Gasteiger partial charge < -0.3 is 9.80 Å². The van der Waals surface area contributed by atoms with E-state index in [-0.39, 0.29) is 0 Å². The molecule has 0 radical (unpaired) electrons. The first-order valence-electron chi connectivity index (χ1n) is 9.46. The van der Waals surface area contributed by atoms with Gasteiger partial charge in [0, 0.05) is 25.2 Å². The van der Waals surface area contributed by atoms with Gasteiger partial charge in [-0.2, -0.15) is 10.1 Å². The fourth-order valence-corrected chi connectivity index (χ4v) is 3.54. The summed E-state index contributed by atoms with van der Waals surface area (Å²) in [7, 11) is 0. The lowest BCUT2D eigenvalue weighted by Gasteiger charge is -2.36. The van der Waals surface area contributed by atoms with Crippen molar-refractivity contribution in [2.24, 2.45) is 0 Å². The highest BCUT2D eigenvalue weighted by molar-refractivity contribution is 5.44. The molecule has 0 bridgehead atoms. The van der Waals surface area contributed by atoms with Gasteiger partial charge in [-0.15, -0.1) is 5.10 Å². The predicted octanol–water partition coefficient (Wildman–Crippen LogP) is 4.06. The average Bonchev–Trinajstić information content (AvgIpc) is 2.66. The fraction of sp³-hybridized carbons (Fsp3) is 0.550. The number of hydrogen-bond acceptors (Lipinski definition) is 5. The summed E-state index contributed by atoms with van der Waals surface area (Å²) in [6.45, 7) is 8.47. The Morgan fingerprint density at radius 3 is 2.72 bits per heavy atom. The summed E-state index contributed by atoms with van der Waals surface area (Å²) in [4.78, 5) is 9.53. The van der Waals surface area contributed by atoms with Gasteiger partial charge in [0.25, 0.3) is 0 Å². The zero-order valence-electron chi connectivity index (χ0n) is 15.6. The van der Waals surface area contributed by atoms with Crippen LogP contribution in [-0.2, 0) is 6.54 Å². The normalized spacial score (nSPS) is 17.8. The minimum Gasteiger partial charge on any atom is -0.352 e. The molecular weight excluding hydrogens is 310 g/mol. The standard InChI is InChI=1S/C20H29N5/c1-4-18-12-8-9-13-24(18)19-14-21-23-20(22-19)25(16(2)3)15-17-10-6-5-7-11-17/h5-7,10-11,14,16,18H,4,8-9,12-13,15H2,1-3H3. The third kappa shape index (κ3) is 4.27. The van der Waals surface area contributed by atoms with Crippen LogP contribution < -0.4 is 9.80 Å². The molecule has 0 saturated carbocycles. The zero-order chi connectivity index (χ0) is 17.6. The Labute approximate surface area is 151 Å². The topological polar surface area (TPSA) is 45.2 Å². The van der Waals surface area contributed by atoms with Crippen LogP contribution in [0.3, 0.4) is 0 Å². The van der Waals surface area contributed by atoms with Crippen LogP contribution in [0.4, 0.5) is 11.8 Å². The van der Waals surface area contributed by atoms with Gasteiger partial charge in [0.15, 0.2) is 5.82 Å². The van der Waals surface area contributed by atoms with Crippen molar-refractivity contribution < 1.29 is 0 Å². The number of hydrogen-bond donors (Lipinski definition) is 0. The van der Waals surface area contributed by atoms with E-state index in [0.717, 1.165) is 31.3 Å². The molecule has 25 heavy (non-hydrogen) atoms.